The van der Waals surface area contributed by atoms with Crippen LogP contribution in [0, 0.1) is 0 Å². The molecular weight excluding hydrogens is 228 g/mol. The maximum Gasteiger partial charge on any atom is 0.337 e. The molecule has 15 heavy (non-hydrogen) atoms. The number of rotatable bonds is 5. The van der Waals surface area contributed by atoms with Gasteiger partial charge in [-0.2, -0.15) is 8.42 Å². The molecule has 0 radical (unpaired) electrons. The van der Waals surface area contributed by atoms with E-state index < -0.39 is 34.6 Å². The average molecular weight is 240 g/mol. The topological polar surface area (TPSA) is 96.0 Å². The first-order valence-corrected chi connectivity index (χ1v) is 5.64. The third-order valence-electron chi connectivity index (χ3n) is 1.33. The van der Waals surface area contributed by atoms with Crippen LogP contribution in [0.1, 0.15) is 6.42 Å². The lowest BCUT2D eigenvalue weighted by molar-refractivity contribution is -0.155. The molecule has 0 heterocycles. The molecule has 0 aliphatic heterocycles. The van der Waals surface area contributed by atoms with Crippen LogP contribution in [0.4, 0.5) is 0 Å². The molecule has 0 saturated heterocycles. The van der Waals surface area contributed by atoms with Gasteiger partial charge in [-0.25, -0.2) is 4.79 Å². The van der Waals surface area contributed by atoms with Crippen LogP contribution >= 0.6 is 0 Å². The number of carbonyl (C=O) groups is 2. The van der Waals surface area contributed by atoms with Crippen LogP contribution in [-0.2, 0) is 33.4 Å². The highest BCUT2D eigenvalue weighted by Crippen LogP contribution is 2.06. The van der Waals surface area contributed by atoms with Crippen molar-refractivity contribution >= 4 is 22.1 Å². The molecule has 1 atom stereocenters. The molecular formula is C7H12O7S. The van der Waals surface area contributed by atoms with E-state index in [2.05, 4.69) is 13.7 Å². The zero-order valence-electron chi connectivity index (χ0n) is 8.55. The van der Waals surface area contributed by atoms with Crippen molar-refractivity contribution in [3.05, 3.63) is 0 Å². The number of hydrogen-bond donors (Lipinski definition) is 0. The Bertz CT molecular complexity index is 331. The van der Waals surface area contributed by atoms with Crippen LogP contribution in [0.25, 0.3) is 0 Å². The number of methoxy groups -OCH3 is 2. The highest BCUT2D eigenvalue weighted by atomic mass is 32.2. The second kappa shape index (κ2) is 5.66. The second-order valence-electron chi connectivity index (χ2n) is 2.59. The molecule has 0 fully saturated rings. The van der Waals surface area contributed by atoms with Crippen molar-refractivity contribution in [3.63, 3.8) is 0 Å². The van der Waals surface area contributed by atoms with E-state index in [1.807, 2.05) is 0 Å². The van der Waals surface area contributed by atoms with Crippen LogP contribution in [0.2, 0.25) is 0 Å². The zero-order chi connectivity index (χ0) is 12.1. The van der Waals surface area contributed by atoms with E-state index in [1.165, 1.54) is 0 Å². The van der Waals surface area contributed by atoms with Gasteiger partial charge in [-0.05, 0) is 0 Å². The fraction of sp³-hybridized carbons (Fsp3) is 0.714. The molecule has 0 bridgehead atoms. The standard InChI is InChI=1S/C7H12O7S/c1-12-6(8)4-5(7(9)13-2)14-15(3,10)11/h5H,4H2,1-3H3. The molecule has 0 N–H and O–H groups in total. The summed E-state index contributed by atoms with van der Waals surface area (Å²) in [6, 6.07) is 0. The SMILES string of the molecule is COC(=O)CC(OS(C)(=O)=O)C(=O)OC. The Morgan fingerprint density at radius 3 is 2.07 bits per heavy atom. The molecule has 0 spiro atoms. The summed E-state index contributed by atoms with van der Waals surface area (Å²) in [4.78, 5) is 21.8. The fourth-order valence-electron chi connectivity index (χ4n) is 0.734. The van der Waals surface area contributed by atoms with Gasteiger partial charge in [0.2, 0.25) is 0 Å². The van der Waals surface area contributed by atoms with Gasteiger partial charge in [-0.15, -0.1) is 0 Å². The lowest BCUT2D eigenvalue weighted by atomic mass is 10.2. The number of carbonyl (C=O) groups excluding carboxylic acids is 2. The van der Waals surface area contributed by atoms with Crippen molar-refractivity contribution < 1.29 is 31.7 Å². The summed E-state index contributed by atoms with van der Waals surface area (Å²) < 4.78 is 34.4. The summed E-state index contributed by atoms with van der Waals surface area (Å²) in [5.74, 6) is -1.72. The highest BCUT2D eigenvalue weighted by molar-refractivity contribution is 7.86. The third kappa shape index (κ3) is 6.02. The smallest absolute Gasteiger partial charge is 0.337 e. The van der Waals surface area contributed by atoms with E-state index in [-0.39, 0.29) is 0 Å². The van der Waals surface area contributed by atoms with Crippen LogP contribution in [-0.4, -0.2) is 46.9 Å². The Kier molecular flexibility index (Phi) is 5.23. The van der Waals surface area contributed by atoms with E-state index in [0.29, 0.717) is 0 Å². The monoisotopic (exact) mass is 240 g/mol. The summed E-state index contributed by atoms with van der Waals surface area (Å²) in [5, 5.41) is 0. The average Bonchev–Trinajstić information content (AvgIpc) is 2.13. The highest BCUT2D eigenvalue weighted by Gasteiger charge is 2.27. The minimum absolute atomic E-state index is 0.518. The minimum Gasteiger partial charge on any atom is -0.469 e. The molecule has 7 nitrogen and oxygen atoms in total. The van der Waals surface area contributed by atoms with Crippen molar-refractivity contribution in [2.24, 2.45) is 0 Å². The van der Waals surface area contributed by atoms with Crippen LogP contribution in [0.5, 0.6) is 0 Å². The van der Waals surface area contributed by atoms with Crippen molar-refractivity contribution in [3.8, 4) is 0 Å². The molecule has 0 amide bonds. The van der Waals surface area contributed by atoms with Gasteiger partial charge in [-0.3, -0.25) is 8.98 Å². The maximum absolute atomic E-state index is 11.0. The third-order valence-corrected chi connectivity index (χ3v) is 1.92. The molecule has 0 aliphatic carbocycles. The first-order chi connectivity index (χ1) is 6.80. The lowest BCUT2D eigenvalue weighted by Gasteiger charge is -2.12. The van der Waals surface area contributed by atoms with Crippen molar-refractivity contribution in [1.82, 2.24) is 0 Å². The van der Waals surface area contributed by atoms with E-state index in [4.69, 9.17) is 0 Å². The molecule has 0 aromatic carbocycles. The van der Waals surface area contributed by atoms with Gasteiger partial charge in [-0.1, -0.05) is 0 Å². The Labute approximate surface area is 87.4 Å². The van der Waals surface area contributed by atoms with Crippen LogP contribution < -0.4 is 0 Å². The van der Waals surface area contributed by atoms with Crippen molar-refractivity contribution in [2.45, 2.75) is 12.5 Å². The van der Waals surface area contributed by atoms with E-state index in [9.17, 15) is 18.0 Å². The summed E-state index contributed by atoms with van der Waals surface area (Å²) in [6.07, 6.45) is -1.26. The largest absolute Gasteiger partial charge is 0.469 e. The Balaban J connectivity index is 4.60. The molecule has 0 aromatic rings. The van der Waals surface area contributed by atoms with E-state index in [1.54, 1.807) is 0 Å². The number of esters is 2. The number of hydrogen-bond acceptors (Lipinski definition) is 7. The van der Waals surface area contributed by atoms with Gasteiger partial charge in [0.25, 0.3) is 10.1 Å². The molecule has 1 unspecified atom stereocenters. The second-order valence-corrected chi connectivity index (χ2v) is 4.19. The van der Waals surface area contributed by atoms with Gasteiger partial charge in [0.1, 0.15) is 0 Å². The molecule has 0 saturated carbocycles. The zero-order valence-corrected chi connectivity index (χ0v) is 9.37. The predicted octanol–water partition coefficient (Wildman–Crippen LogP) is -0.933. The quantitative estimate of drug-likeness (QED) is 0.452. The molecule has 0 aliphatic rings. The Hall–Kier alpha value is -1.15. The van der Waals surface area contributed by atoms with Gasteiger partial charge in [0, 0.05) is 0 Å². The summed E-state index contributed by atoms with van der Waals surface area (Å²) in [6.45, 7) is 0. The Morgan fingerprint density at radius 1 is 1.20 bits per heavy atom. The molecule has 0 rings (SSSR count). The normalized spacial score (nSPS) is 13.0. The van der Waals surface area contributed by atoms with Gasteiger partial charge < -0.3 is 9.47 Å². The first kappa shape index (κ1) is 13.8. The minimum atomic E-state index is -3.84. The fourth-order valence-corrected chi connectivity index (χ4v) is 1.30. The number of ether oxygens (including phenoxy) is 2. The summed E-state index contributed by atoms with van der Waals surface area (Å²) in [5.41, 5.74) is 0. The van der Waals surface area contributed by atoms with Gasteiger partial charge >= 0.3 is 11.9 Å². The molecule has 8 heteroatoms. The van der Waals surface area contributed by atoms with Crippen molar-refractivity contribution in [2.75, 3.05) is 20.5 Å². The molecule has 88 valence electrons. The van der Waals surface area contributed by atoms with Crippen molar-refractivity contribution in [1.29, 1.82) is 0 Å². The molecule has 0 aromatic heterocycles. The van der Waals surface area contributed by atoms with Gasteiger partial charge in [0.15, 0.2) is 6.10 Å². The lowest BCUT2D eigenvalue weighted by Crippen LogP contribution is -2.30. The van der Waals surface area contributed by atoms with E-state index >= 15 is 0 Å². The first-order valence-electron chi connectivity index (χ1n) is 3.83. The van der Waals surface area contributed by atoms with E-state index in [0.717, 1.165) is 20.5 Å². The predicted molar refractivity (Wildman–Crippen MR) is 48.4 cm³/mol. The van der Waals surface area contributed by atoms with Crippen LogP contribution in [0.15, 0.2) is 0 Å². The van der Waals surface area contributed by atoms with Crippen LogP contribution in [0.3, 0.4) is 0 Å². The van der Waals surface area contributed by atoms with Gasteiger partial charge in [0.05, 0.1) is 26.9 Å². The maximum atomic E-state index is 11.0. The summed E-state index contributed by atoms with van der Waals surface area (Å²) in [7, 11) is -1.68. The summed E-state index contributed by atoms with van der Waals surface area (Å²) >= 11 is 0. The Morgan fingerprint density at radius 2 is 1.73 bits per heavy atom.